The van der Waals surface area contributed by atoms with Crippen molar-refractivity contribution >= 4 is 5.97 Å². The second-order valence-corrected chi connectivity index (χ2v) is 4.19. The van der Waals surface area contributed by atoms with Crippen LogP contribution in [-0.4, -0.2) is 15.6 Å². The van der Waals surface area contributed by atoms with Crippen LogP contribution in [0.4, 0.5) is 0 Å². The molecule has 0 aromatic carbocycles. The maximum atomic E-state index is 11.7. The van der Waals surface area contributed by atoms with Gasteiger partial charge in [-0.25, -0.2) is 4.79 Å². The number of carboxylic acids is 1. The van der Waals surface area contributed by atoms with Crippen LogP contribution in [-0.2, 0) is 0 Å². The molecule has 0 saturated heterocycles. The smallest absolute Gasteiger partial charge is 0.337 e. The first-order valence-electron chi connectivity index (χ1n) is 5.42. The highest BCUT2D eigenvalue weighted by Crippen LogP contribution is 2.19. The molecule has 1 N–H and O–H groups in total. The zero-order valence-corrected chi connectivity index (χ0v) is 9.80. The predicted octanol–water partition coefficient (Wildman–Crippen LogP) is 2.15. The lowest BCUT2D eigenvalue weighted by Gasteiger charge is -2.22. The number of carboxylic acid groups (broad SMARTS) is 1. The van der Waals surface area contributed by atoms with Crippen LogP contribution < -0.4 is 5.56 Å². The highest BCUT2D eigenvalue weighted by molar-refractivity contribution is 5.87. The lowest BCUT2D eigenvalue weighted by atomic mass is 10.0. The number of carbonyl (C=O) groups is 1. The molecule has 1 aromatic rings. The molecule has 1 aromatic heterocycles. The Labute approximate surface area is 94.5 Å². The molecule has 16 heavy (non-hydrogen) atoms. The summed E-state index contributed by atoms with van der Waals surface area (Å²) in [5.74, 6) is -0.709. The van der Waals surface area contributed by atoms with Crippen molar-refractivity contribution in [2.45, 2.75) is 33.2 Å². The number of aromatic nitrogens is 1. The minimum Gasteiger partial charge on any atom is -0.478 e. The monoisotopic (exact) mass is 223 g/mol. The SMILES string of the molecule is CCC(C(C)C)n1cc(C(=O)O)ccc1=O. The highest BCUT2D eigenvalue weighted by atomic mass is 16.4. The maximum absolute atomic E-state index is 11.7. The van der Waals surface area contributed by atoms with Gasteiger partial charge in [-0.15, -0.1) is 0 Å². The summed E-state index contributed by atoms with van der Waals surface area (Å²) in [6.07, 6.45) is 2.24. The summed E-state index contributed by atoms with van der Waals surface area (Å²) in [5.41, 5.74) is 0.00394. The van der Waals surface area contributed by atoms with Gasteiger partial charge in [0, 0.05) is 18.3 Å². The molecule has 1 heterocycles. The maximum Gasteiger partial charge on any atom is 0.337 e. The molecule has 4 nitrogen and oxygen atoms in total. The molecule has 0 bridgehead atoms. The number of pyridine rings is 1. The lowest BCUT2D eigenvalue weighted by molar-refractivity contribution is 0.0695. The molecule has 4 heteroatoms. The minimum atomic E-state index is -1.01. The third kappa shape index (κ3) is 2.51. The summed E-state index contributed by atoms with van der Waals surface area (Å²) in [6.45, 7) is 6.03. The summed E-state index contributed by atoms with van der Waals surface area (Å²) in [5, 5.41) is 8.88. The third-order valence-electron chi connectivity index (χ3n) is 2.73. The molecular formula is C12H17NO3. The van der Waals surface area contributed by atoms with E-state index in [0.29, 0.717) is 5.92 Å². The minimum absolute atomic E-state index is 0.0480. The molecule has 0 aliphatic carbocycles. The molecule has 1 rings (SSSR count). The Morgan fingerprint density at radius 1 is 1.44 bits per heavy atom. The van der Waals surface area contributed by atoms with Gasteiger partial charge in [0.15, 0.2) is 0 Å². The normalized spacial score (nSPS) is 12.8. The van der Waals surface area contributed by atoms with Crippen molar-refractivity contribution in [3.05, 3.63) is 34.2 Å². The fourth-order valence-corrected chi connectivity index (χ4v) is 1.88. The van der Waals surface area contributed by atoms with E-state index in [9.17, 15) is 9.59 Å². The van der Waals surface area contributed by atoms with Crippen LogP contribution in [0.15, 0.2) is 23.1 Å². The first-order chi connectivity index (χ1) is 7.47. The number of rotatable bonds is 4. The van der Waals surface area contributed by atoms with Crippen molar-refractivity contribution in [2.24, 2.45) is 5.92 Å². The van der Waals surface area contributed by atoms with Gasteiger partial charge < -0.3 is 9.67 Å². The van der Waals surface area contributed by atoms with Crippen LogP contribution >= 0.6 is 0 Å². The Bertz CT molecular complexity index is 434. The van der Waals surface area contributed by atoms with Crippen molar-refractivity contribution in [3.8, 4) is 0 Å². The molecule has 0 spiro atoms. The standard InChI is InChI=1S/C12H17NO3/c1-4-10(8(2)3)13-7-9(12(15)16)5-6-11(13)14/h5-8,10H,4H2,1-3H3,(H,15,16). The van der Waals surface area contributed by atoms with Gasteiger partial charge in [-0.2, -0.15) is 0 Å². The van der Waals surface area contributed by atoms with Gasteiger partial charge in [0.05, 0.1) is 5.56 Å². The van der Waals surface area contributed by atoms with E-state index in [1.807, 2.05) is 20.8 Å². The second-order valence-electron chi connectivity index (χ2n) is 4.19. The van der Waals surface area contributed by atoms with Gasteiger partial charge in [-0.3, -0.25) is 4.79 Å². The topological polar surface area (TPSA) is 59.3 Å². The van der Waals surface area contributed by atoms with E-state index >= 15 is 0 Å². The van der Waals surface area contributed by atoms with E-state index < -0.39 is 5.97 Å². The van der Waals surface area contributed by atoms with Crippen molar-refractivity contribution in [3.63, 3.8) is 0 Å². The lowest BCUT2D eigenvalue weighted by Crippen LogP contribution is -2.27. The van der Waals surface area contributed by atoms with Gasteiger partial charge in [-0.1, -0.05) is 20.8 Å². The molecule has 0 radical (unpaired) electrons. The quantitative estimate of drug-likeness (QED) is 0.850. The molecule has 0 aliphatic heterocycles. The Balaban J connectivity index is 3.25. The highest BCUT2D eigenvalue weighted by Gasteiger charge is 2.15. The summed E-state index contributed by atoms with van der Waals surface area (Å²) in [6, 6.07) is 2.70. The van der Waals surface area contributed by atoms with E-state index in [1.54, 1.807) is 0 Å². The summed E-state index contributed by atoms with van der Waals surface area (Å²) in [4.78, 5) is 22.5. The van der Waals surface area contributed by atoms with Crippen LogP contribution in [0.2, 0.25) is 0 Å². The Kier molecular flexibility index (Phi) is 3.88. The molecule has 0 amide bonds. The third-order valence-corrected chi connectivity index (χ3v) is 2.73. The van der Waals surface area contributed by atoms with Crippen molar-refractivity contribution in [1.29, 1.82) is 0 Å². The average molecular weight is 223 g/mol. The first-order valence-corrected chi connectivity index (χ1v) is 5.42. The second kappa shape index (κ2) is 4.96. The zero-order chi connectivity index (χ0) is 12.3. The van der Waals surface area contributed by atoms with Crippen LogP contribution in [0.5, 0.6) is 0 Å². The zero-order valence-electron chi connectivity index (χ0n) is 9.80. The van der Waals surface area contributed by atoms with E-state index in [4.69, 9.17) is 5.11 Å². The Hall–Kier alpha value is -1.58. The molecule has 0 aliphatic rings. The largest absolute Gasteiger partial charge is 0.478 e. The fraction of sp³-hybridized carbons (Fsp3) is 0.500. The number of aromatic carboxylic acids is 1. The van der Waals surface area contributed by atoms with Gasteiger partial charge in [0.2, 0.25) is 0 Å². The molecule has 88 valence electrons. The Morgan fingerprint density at radius 3 is 2.50 bits per heavy atom. The Morgan fingerprint density at radius 2 is 2.06 bits per heavy atom. The summed E-state index contributed by atoms with van der Waals surface area (Å²) in [7, 11) is 0. The average Bonchev–Trinajstić information content (AvgIpc) is 2.20. The van der Waals surface area contributed by atoms with Crippen molar-refractivity contribution < 1.29 is 9.90 Å². The van der Waals surface area contributed by atoms with Crippen molar-refractivity contribution in [2.75, 3.05) is 0 Å². The predicted molar refractivity (Wildman–Crippen MR) is 61.8 cm³/mol. The molecule has 1 unspecified atom stereocenters. The molecule has 0 fully saturated rings. The number of nitrogens with zero attached hydrogens (tertiary/aromatic N) is 1. The first kappa shape index (κ1) is 12.5. The molecular weight excluding hydrogens is 206 g/mol. The van der Waals surface area contributed by atoms with E-state index in [-0.39, 0.29) is 17.2 Å². The van der Waals surface area contributed by atoms with E-state index in [0.717, 1.165) is 6.42 Å². The summed E-state index contributed by atoms with van der Waals surface area (Å²) < 4.78 is 1.52. The van der Waals surface area contributed by atoms with Gasteiger partial charge in [-0.05, 0) is 18.4 Å². The van der Waals surface area contributed by atoms with Crippen LogP contribution in [0, 0.1) is 5.92 Å². The molecule has 0 saturated carbocycles. The fourth-order valence-electron chi connectivity index (χ4n) is 1.88. The number of hydrogen-bond acceptors (Lipinski definition) is 2. The van der Waals surface area contributed by atoms with Gasteiger partial charge in [0.25, 0.3) is 5.56 Å². The van der Waals surface area contributed by atoms with Gasteiger partial charge >= 0.3 is 5.97 Å². The van der Waals surface area contributed by atoms with Crippen LogP contribution in [0.3, 0.4) is 0 Å². The molecule has 1 atom stereocenters. The number of hydrogen-bond donors (Lipinski definition) is 1. The van der Waals surface area contributed by atoms with E-state index in [2.05, 4.69) is 0 Å². The summed E-state index contributed by atoms with van der Waals surface area (Å²) >= 11 is 0. The van der Waals surface area contributed by atoms with E-state index in [1.165, 1.54) is 22.9 Å². The van der Waals surface area contributed by atoms with Gasteiger partial charge in [0.1, 0.15) is 0 Å². The van der Waals surface area contributed by atoms with Crippen LogP contribution in [0.1, 0.15) is 43.6 Å². The van der Waals surface area contributed by atoms with Crippen molar-refractivity contribution in [1.82, 2.24) is 4.57 Å². The van der Waals surface area contributed by atoms with Crippen LogP contribution in [0.25, 0.3) is 0 Å².